The van der Waals surface area contributed by atoms with Gasteiger partial charge in [-0.1, -0.05) is 171 Å². The molecule has 0 aromatic heterocycles. The van der Waals surface area contributed by atoms with Crippen molar-refractivity contribution in [2.45, 2.75) is 261 Å². The zero-order chi connectivity index (χ0) is 60.1. The summed E-state index contributed by atoms with van der Waals surface area (Å²) in [6.07, 6.45) is 26.7. The molecule has 1 heterocycles. The van der Waals surface area contributed by atoms with E-state index in [1.807, 2.05) is 0 Å². The number of hydrogen-bond donors (Lipinski definition) is 3. The van der Waals surface area contributed by atoms with E-state index in [4.69, 9.17) is 9.47 Å². The van der Waals surface area contributed by atoms with Gasteiger partial charge < -0.3 is 24.8 Å². The topological polar surface area (TPSA) is 113 Å². The Balaban J connectivity index is 0.894. The van der Waals surface area contributed by atoms with E-state index in [1.165, 1.54) is 75.2 Å². The van der Waals surface area contributed by atoms with Gasteiger partial charge in [-0.25, -0.2) is 4.79 Å². The number of hydrogen-bond acceptors (Lipinski definition) is 7. The van der Waals surface area contributed by atoms with Crippen LogP contribution in [0.1, 0.15) is 254 Å². The summed E-state index contributed by atoms with van der Waals surface area (Å²) >= 11 is 0. The number of esters is 2. The quantitative estimate of drug-likeness (QED) is 0.0903. The Kier molecular flexibility index (Phi) is 16.2. The fraction of sp³-hybridized carbons (Fsp3) is 0.675. The summed E-state index contributed by atoms with van der Waals surface area (Å²) < 4.78 is 12.9. The number of rotatable bonds is 17. The first-order valence-electron chi connectivity index (χ1n) is 35.9. The van der Waals surface area contributed by atoms with Crippen LogP contribution in [0.5, 0.6) is 0 Å². The molecule has 7 saturated carbocycles. The second-order valence-corrected chi connectivity index (χ2v) is 32.4. The zero-order valence-electron chi connectivity index (χ0n) is 53.8. The molecular formula is C80H106O7. The third kappa shape index (κ3) is 9.75. The molecule has 18 atom stereocenters. The van der Waals surface area contributed by atoms with Crippen molar-refractivity contribution in [1.29, 1.82) is 0 Å². The first-order chi connectivity index (χ1) is 42.0. The van der Waals surface area contributed by atoms with Crippen LogP contribution in [-0.2, 0) is 30.9 Å². The van der Waals surface area contributed by atoms with Gasteiger partial charge in [0.05, 0.1) is 29.1 Å². The molecule has 468 valence electrons. The van der Waals surface area contributed by atoms with Gasteiger partial charge in [-0.3, -0.25) is 4.79 Å². The molecule has 7 nitrogen and oxygen atoms in total. The Hall–Kier alpha value is -4.30. The summed E-state index contributed by atoms with van der Waals surface area (Å²) in [5, 5.41) is 45.2. The lowest BCUT2D eigenvalue weighted by molar-refractivity contribution is -0.328. The van der Waals surface area contributed by atoms with E-state index in [0.29, 0.717) is 66.6 Å². The van der Waals surface area contributed by atoms with E-state index < -0.39 is 46.6 Å². The van der Waals surface area contributed by atoms with E-state index >= 15 is 4.79 Å². The first kappa shape index (κ1) is 60.3. The Morgan fingerprint density at radius 2 is 1.52 bits per heavy atom. The Labute approximate surface area is 522 Å². The number of fused-ring (bicyclic) bond motifs is 5. The van der Waals surface area contributed by atoms with Crippen LogP contribution in [-0.4, -0.2) is 57.8 Å². The van der Waals surface area contributed by atoms with Gasteiger partial charge in [0.2, 0.25) is 0 Å². The highest BCUT2D eigenvalue weighted by molar-refractivity contribution is 5.93. The van der Waals surface area contributed by atoms with Crippen LogP contribution >= 0.6 is 0 Å². The molecule has 0 bridgehead atoms. The van der Waals surface area contributed by atoms with Crippen molar-refractivity contribution in [2.75, 3.05) is 6.61 Å². The molecule has 0 saturated heterocycles. The van der Waals surface area contributed by atoms with Crippen LogP contribution in [0, 0.1) is 69.0 Å². The summed E-state index contributed by atoms with van der Waals surface area (Å²) in [4.78, 5) is 28.3. The van der Waals surface area contributed by atoms with Gasteiger partial charge in [-0.2, -0.15) is 0 Å². The molecule has 4 aromatic carbocycles. The molecule has 9 aliphatic carbocycles. The van der Waals surface area contributed by atoms with Crippen LogP contribution in [0.25, 0.3) is 10.8 Å². The number of carbonyl (C=O) groups is 2. The molecule has 1 aliphatic heterocycles. The van der Waals surface area contributed by atoms with Gasteiger partial charge in [0.25, 0.3) is 0 Å². The molecule has 0 amide bonds. The largest absolute Gasteiger partial charge is 0.462 e. The van der Waals surface area contributed by atoms with E-state index in [-0.39, 0.29) is 53.6 Å². The minimum atomic E-state index is -1.56. The molecule has 0 radical (unpaired) electrons. The van der Waals surface area contributed by atoms with Crippen molar-refractivity contribution in [3.05, 3.63) is 130 Å². The van der Waals surface area contributed by atoms with Crippen molar-refractivity contribution in [1.82, 2.24) is 0 Å². The van der Waals surface area contributed by atoms with Crippen LogP contribution in [0.15, 0.2) is 103 Å². The Morgan fingerprint density at radius 3 is 2.29 bits per heavy atom. The van der Waals surface area contributed by atoms with Gasteiger partial charge in [0.15, 0.2) is 0 Å². The number of cyclic esters (lactones) is 1. The molecular weight excluding hydrogens is 1070 g/mol. The summed E-state index contributed by atoms with van der Waals surface area (Å²) in [5.41, 5.74) is 5.76. The second kappa shape index (κ2) is 23.4. The van der Waals surface area contributed by atoms with Gasteiger partial charge in [-0.15, -0.1) is 0 Å². The molecule has 3 N–H and O–H groups in total. The maximum absolute atomic E-state index is 15.6. The molecule has 14 rings (SSSR count). The highest BCUT2D eigenvalue weighted by Crippen LogP contribution is 2.81. The van der Waals surface area contributed by atoms with Gasteiger partial charge >= 0.3 is 11.9 Å². The van der Waals surface area contributed by atoms with Crippen molar-refractivity contribution >= 4 is 22.7 Å². The van der Waals surface area contributed by atoms with E-state index in [9.17, 15) is 20.1 Å². The Bertz CT molecular complexity index is 3180. The van der Waals surface area contributed by atoms with Crippen molar-refractivity contribution in [3.63, 3.8) is 0 Å². The number of aliphatic hydroxyl groups excluding tert-OH is 2. The van der Waals surface area contributed by atoms with Crippen molar-refractivity contribution < 1.29 is 34.4 Å². The summed E-state index contributed by atoms with van der Waals surface area (Å²) in [6, 6.07) is 35.1. The monoisotopic (exact) mass is 1180 g/mol. The van der Waals surface area contributed by atoms with E-state index in [1.54, 1.807) is 33.7 Å². The van der Waals surface area contributed by atoms with Gasteiger partial charge in [0, 0.05) is 17.4 Å². The summed E-state index contributed by atoms with van der Waals surface area (Å²) in [7, 11) is 0. The lowest BCUT2D eigenvalue weighted by Crippen LogP contribution is -2.77. The molecule has 4 aromatic rings. The smallest absolute Gasteiger partial charge is 0.331 e. The van der Waals surface area contributed by atoms with Crippen molar-refractivity contribution in [2.24, 2.45) is 69.0 Å². The minimum Gasteiger partial charge on any atom is -0.462 e. The number of ether oxygens (including phenoxy) is 2. The standard InChI is InChI=1S/C80H106O7/c1-51(2)44-57-24-12-13-28-60(57)74(84)87-66-45-53(4)79(85,43-35-55-46-69(83)86-49-55)80(67(81)34-31-52(3)20-18-23-54-21-8-6-9-22-54)68(82)37-41-75(5,73(66)80)59-36-42-78-50-76(38-16-17-39-76)65-48-77(58-26-10-7-11-27-58)40-15-14-30-63(77)62-33-32-56-25-19-29-61(64(78)47-59)70(56)71(62)72(65)78/h6-11,19,21-22,25-27,29,32-33,46,51-53,57,59-60,63-68,72-73,81-82,85H,12-18,20,23-24,28,30-31,34-45,47-50H2,1-5H3/t52-,53-,57-,59-,60+,63-,64+,65+,66-,67-,68+,72+,73+,75+,77+,78-,79-,80+/m1/s1. The first-order valence-corrected chi connectivity index (χ1v) is 35.9. The van der Waals surface area contributed by atoms with Crippen LogP contribution in [0.2, 0.25) is 0 Å². The number of benzene rings is 4. The highest BCUT2D eigenvalue weighted by atomic mass is 16.5. The van der Waals surface area contributed by atoms with Gasteiger partial charge in [0.1, 0.15) is 12.7 Å². The highest BCUT2D eigenvalue weighted by Gasteiger charge is 2.76. The van der Waals surface area contributed by atoms with E-state index in [2.05, 4.69) is 126 Å². The number of carbonyl (C=O) groups excluding carboxylic acids is 2. The van der Waals surface area contributed by atoms with Crippen LogP contribution in [0.3, 0.4) is 0 Å². The fourth-order valence-electron chi connectivity index (χ4n) is 24.3. The normalized spacial score (nSPS) is 38.9. The molecule has 10 aliphatic rings. The maximum atomic E-state index is 15.6. The van der Waals surface area contributed by atoms with Crippen molar-refractivity contribution in [3.8, 4) is 0 Å². The summed E-state index contributed by atoms with van der Waals surface area (Å²) in [6.45, 7) is 11.7. The van der Waals surface area contributed by atoms with Crippen LogP contribution < -0.4 is 0 Å². The maximum Gasteiger partial charge on any atom is 0.331 e. The second-order valence-electron chi connectivity index (χ2n) is 32.4. The zero-order valence-corrected chi connectivity index (χ0v) is 53.8. The molecule has 7 heteroatoms. The van der Waals surface area contributed by atoms with E-state index in [0.717, 1.165) is 89.0 Å². The minimum absolute atomic E-state index is 0.0948. The predicted octanol–water partition coefficient (Wildman–Crippen LogP) is 17.7. The lowest BCUT2D eigenvalue weighted by Gasteiger charge is -2.71. The predicted molar refractivity (Wildman–Crippen MR) is 347 cm³/mol. The average Bonchev–Trinajstić information content (AvgIpc) is 1.64. The van der Waals surface area contributed by atoms with Gasteiger partial charge in [-0.05, 0) is 249 Å². The fourth-order valence-corrected chi connectivity index (χ4v) is 24.3. The molecule has 2 spiro atoms. The molecule has 7 fully saturated rings. The summed E-state index contributed by atoms with van der Waals surface area (Å²) in [5.74, 6) is 1.56. The number of aliphatic hydroxyl groups is 3. The van der Waals surface area contributed by atoms with Crippen LogP contribution in [0.4, 0.5) is 0 Å². The average molecular weight is 1180 g/mol. The third-order valence-electron chi connectivity index (χ3n) is 27.9. The molecule has 0 unspecified atom stereocenters. The third-order valence-corrected chi connectivity index (χ3v) is 27.9. The molecule has 87 heavy (non-hydrogen) atoms. The SMILES string of the molecule is CC(C)C[C@H]1CCCC[C@@H]1C(=O)O[C@@H]1C[C@@H](C)[C@](O)(CCC2=CC(=O)OC2)[C@@]2([C@H](O)CC[C@H](C)CCCc3ccccc3)[C@@H](O)CC[C@@](C)([C@@H]3CC[C@]45CC6(CCCC6)[C@H]6C[C@]7(c8ccccc8)CCCC[C@@H]7c7ccc8cccc(c8c7[C@H]64)[C@@H]5C3)[C@H]12. The number of aryl methyl sites for hydroxylation is 1. The Morgan fingerprint density at radius 1 is 0.759 bits per heavy atom. The lowest BCUT2D eigenvalue weighted by atomic mass is 9.36.